The maximum atomic E-state index is 12.0. The molecule has 2 atom stereocenters. The van der Waals surface area contributed by atoms with Crippen LogP contribution in [0.4, 0.5) is 0 Å². The molecule has 0 aliphatic carbocycles. The van der Waals surface area contributed by atoms with E-state index in [9.17, 15) is 4.79 Å². The van der Waals surface area contributed by atoms with Crippen molar-refractivity contribution in [2.45, 2.75) is 26.3 Å². The molecule has 0 radical (unpaired) electrons. The molecule has 0 saturated heterocycles. The van der Waals surface area contributed by atoms with E-state index in [1.165, 1.54) is 12.7 Å². The first-order chi connectivity index (χ1) is 8.92. The molecule has 106 valence electrons. The van der Waals surface area contributed by atoms with E-state index >= 15 is 0 Å². The Hall–Kier alpha value is -0.870. The van der Waals surface area contributed by atoms with Gasteiger partial charge in [0.05, 0.1) is 13.0 Å². The van der Waals surface area contributed by atoms with Crippen molar-refractivity contribution >= 4 is 21.9 Å². The number of benzene rings is 1. The number of halogens is 1. The smallest absolute Gasteiger partial charge is 0.310 e. The second-order valence-corrected chi connectivity index (χ2v) is 5.86. The predicted octanol–water partition coefficient (Wildman–Crippen LogP) is 3.56. The number of nitrogens with zero attached hydrogens (tertiary/aromatic N) is 1. The van der Waals surface area contributed by atoms with Gasteiger partial charge < -0.3 is 9.64 Å². The fourth-order valence-electron chi connectivity index (χ4n) is 2.45. The molecule has 0 N–H and O–H groups in total. The van der Waals surface area contributed by atoms with Crippen LogP contribution in [-0.2, 0) is 9.53 Å². The largest absolute Gasteiger partial charge is 0.469 e. The van der Waals surface area contributed by atoms with Gasteiger partial charge in [0, 0.05) is 10.5 Å². The number of methoxy groups -OCH3 is 1. The zero-order valence-corrected chi connectivity index (χ0v) is 13.8. The number of rotatable bonds is 5. The second kappa shape index (κ2) is 7.06. The lowest BCUT2D eigenvalue weighted by molar-refractivity contribution is -0.148. The number of carbonyl (C=O) groups is 1. The van der Waals surface area contributed by atoms with Crippen molar-refractivity contribution in [1.29, 1.82) is 0 Å². The third-order valence-corrected chi connectivity index (χ3v) is 3.93. The molecule has 0 amide bonds. The highest BCUT2D eigenvalue weighted by atomic mass is 79.9. The average molecular weight is 328 g/mol. The Morgan fingerprint density at radius 1 is 1.42 bits per heavy atom. The quantitative estimate of drug-likeness (QED) is 0.774. The molecule has 19 heavy (non-hydrogen) atoms. The lowest BCUT2D eigenvalue weighted by atomic mass is 9.87. The van der Waals surface area contributed by atoms with Gasteiger partial charge in [-0.25, -0.2) is 0 Å². The number of aryl methyl sites for hydroxylation is 1. The minimum atomic E-state index is -0.159. The molecule has 2 unspecified atom stereocenters. The van der Waals surface area contributed by atoms with Gasteiger partial charge >= 0.3 is 5.97 Å². The van der Waals surface area contributed by atoms with Crippen LogP contribution >= 0.6 is 15.9 Å². The summed E-state index contributed by atoms with van der Waals surface area (Å²) in [6, 6.07) is 6.20. The minimum absolute atomic E-state index is 0.0231. The highest BCUT2D eigenvalue weighted by Gasteiger charge is 2.31. The van der Waals surface area contributed by atoms with Crippen LogP contribution in [0.15, 0.2) is 22.7 Å². The molecule has 3 nitrogen and oxygen atoms in total. The summed E-state index contributed by atoms with van der Waals surface area (Å²) in [6.07, 6.45) is 0.751. The first-order valence-electron chi connectivity index (χ1n) is 6.42. The zero-order valence-electron chi connectivity index (χ0n) is 12.2. The topological polar surface area (TPSA) is 29.5 Å². The van der Waals surface area contributed by atoms with E-state index in [2.05, 4.69) is 39.9 Å². The van der Waals surface area contributed by atoms with Crippen molar-refractivity contribution in [1.82, 2.24) is 4.90 Å². The van der Waals surface area contributed by atoms with Crippen molar-refractivity contribution < 1.29 is 9.53 Å². The molecule has 0 bridgehead atoms. The van der Waals surface area contributed by atoms with E-state index in [1.54, 1.807) is 0 Å². The van der Waals surface area contributed by atoms with Gasteiger partial charge in [0.15, 0.2) is 0 Å². The summed E-state index contributed by atoms with van der Waals surface area (Å²) >= 11 is 3.50. The highest BCUT2D eigenvalue weighted by molar-refractivity contribution is 9.10. The van der Waals surface area contributed by atoms with E-state index in [4.69, 9.17) is 4.74 Å². The Labute approximate surface area is 124 Å². The summed E-state index contributed by atoms with van der Waals surface area (Å²) in [5.74, 6) is -0.312. The van der Waals surface area contributed by atoms with Crippen LogP contribution in [0.1, 0.15) is 30.5 Å². The number of esters is 1. The van der Waals surface area contributed by atoms with Crippen LogP contribution in [0, 0.1) is 12.8 Å². The van der Waals surface area contributed by atoms with Gasteiger partial charge in [-0.05, 0) is 50.7 Å². The van der Waals surface area contributed by atoms with E-state index in [0.29, 0.717) is 0 Å². The third kappa shape index (κ3) is 3.80. The molecular weight excluding hydrogens is 306 g/mol. The summed E-state index contributed by atoms with van der Waals surface area (Å²) < 4.78 is 5.98. The van der Waals surface area contributed by atoms with E-state index in [1.807, 2.05) is 27.1 Å². The molecular formula is C15H22BrNO2. The standard InChI is InChI=1S/C15H22BrNO2/c1-6-12(15(18)19-5)14(17(3)4)13-9-11(16)8-7-10(13)2/h7-9,12,14H,6H2,1-5H3. The fraction of sp³-hybridized carbons (Fsp3) is 0.533. The average Bonchev–Trinajstić information content (AvgIpc) is 2.37. The summed E-state index contributed by atoms with van der Waals surface area (Å²) in [7, 11) is 5.44. The molecule has 0 saturated carbocycles. The number of hydrogen-bond acceptors (Lipinski definition) is 3. The Morgan fingerprint density at radius 3 is 2.53 bits per heavy atom. The maximum Gasteiger partial charge on any atom is 0.310 e. The predicted molar refractivity (Wildman–Crippen MR) is 81.1 cm³/mol. The van der Waals surface area contributed by atoms with Gasteiger partial charge in [-0.3, -0.25) is 4.79 Å². The first kappa shape index (κ1) is 16.2. The van der Waals surface area contributed by atoms with Crippen LogP contribution < -0.4 is 0 Å². The van der Waals surface area contributed by atoms with E-state index < -0.39 is 0 Å². The van der Waals surface area contributed by atoms with Gasteiger partial charge in [-0.2, -0.15) is 0 Å². The maximum absolute atomic E-state index is 12.0. The third-order valence-electron chi connectivity index (χ3n) is 3.44. The number of carbonyl (C=O) groups excluding carboxylic acids is 1. The molecule has 0 spiro atoms. The molecule has 1 aromatic carbocycles. The van der Waals surface area contributed by atoms with Crippen LogP contribution in [-0.4, -0.2) is 32.1 Å². The van der Waals surface area contributed by atoms with Crippen LogP contribution in [0.3, 0.4) is 0 Å². The molecule has 0 aromatic heterocycles. The molecule has 0 aliphatic heterocycles. The fourth-order valence-corrected chi connectivity index (χ4v) is 2.83. The molecule has 0 fully saturated rings. The van der Waals surface area contributed by atoms with Gasteiger partial charge in [-0.1, -0.05) is 28.9 Å². The van der Waals surface area contributed by atoms with Crippen LogP contribution in [0.5, 0.6) is 0 Å². The lowest BCUT2D eigenvalue weighted by Gasteiger charge is -2.31. The van der Waals surface area contributed by atoms with Crippen molar-refractivity contribution in [2.24, 2.45) is 5.92 Å². The first-order valence-corrected chi connectivity index (χ1v) is 7.22. The van der Waals surface area contributed by atoms with E-state index in [-0.39, 0.29) is 17.9 Å². The second-order valence-electron chi connectivity index (χ2n) is 4.95. The number of hydrogen-bond donors (Lipinski definition) is 0. The Morgan fingerprint density at radius 2 is 2.05 bits per heavy atom. The van der Waals surface area contributed by atoms with Gasteiger partial charge in [0.25, 0.3) is 0 Å². The van der Waals surface area contributed by atoms with Crippen molar-refractivity contribution in [3.63, 3.8) is 0 Å². The Balaban J connectivity index is 3.26. The summed E-state index contributed by atoms with van der Waals surface area (Å²) in [5, 5.41) is 0. The molecule has 4 heteroatoms. The molecule has 0 aliphatic rings. The van der Waals surface area contributed by atoms with Crippen LogP contribution in [0.2, 0.25) is 0 Å². The summed E-state index contributed by atoms with van der Waals surface area (Å²) in [5.41, 5.74) is 2.35. The van der Waals surface area contributed by atoms with Crippen molar-refractivity contribution in [3.8, 4) is 0 Å². The summed E-state index contributed by atoms with van der Waals surface area (Å²) in [6.45, 7) is 4.09. The van der Waals surface area contributed by atoms with Crippen molar-refractivity contribution in [2.75, 3.05) is 21.2 Å². The summed E-state index contributed by atoms with van der Waals surface area (Å²) in [4.78, 5) is 14.1. The minimum Gasteiger partial charge on any atom is -0.469 e. The van der Waals surface area contributed by atoms with Gasteiger partial charge in [0.1, 0.15) is 0 Å². The Kier molecular flexibility index (Phi) is 6.01. The zero-order chi connectivity index (χ0) is 14.6. The normalized spacial score (nSPS) is 14.3. The van der Waals surface area contributed by atoms with Gasteiger partial charge in [-0.15, -0.1) is 0 Å². The SMILES string of the molecule is CCC(C(=O)OC)C(c1cc(Br)ccc1C)N(C)C. The van der Waals surface area contributed by atoms with Gasteiger partial charge in [0.2, 0.25) is 0 Å². The molecule has 1 rings (SSSR count). The monoisotopic (exact) mass is 327 g/mol. The highest BCUT2D eigenvalue weighted by Crippen LogP contribution is 2.33. The van der Waals surface area contributed by atoms with Crippen LogP contribution in [0.25, 0.3) is 0 Å². The van der Waals surface area contributed by atoms with E-state index in [0.717, 1.165) is 16.5 Å². The lowest BCUT2D eigenvalue weighted by Crippen LogP contribution is -2.33. The molecule has 1 aromatic rings. The molecule has 0 heterocycles. The van der Waals surface area contributed by atoms with Crippen molar-refractivity contribution in [3.05, 3.63) is 33.8 Å². The Bertz CT molecular complexity index is 446. The number of ether oxygens (including phenoxy) is 1.